The lowest BCUT2D eigenvalue weighted by molar-refractivity contribution is 0.769. The van der Waals surface area contributed by atoms with Gasteiger partial charge in [-0.1, -0.05) is 261 Å². The zero-order chi connectivity index (χ0) is 49.8. The van der Waals surface area contributed by atoms with Gasteiger partial charge >= 0.3 is 0 Å². The van der Waals surface area contributed by atoms with E-state index in [0.717, 1.165) is 33.8 Å². The molecule has 2 aliphatic rings. The van der Waals surface area contributed by atoms with Crippen LogP contribution in [0.25, 0.3) is 55.6 Å². The first-order chi connectivity index (χ1) is 37.2. The van der Waals surface area contributed by atoms with Crippen molar-refractivity contribution in [2.24, 2.45) is 0 Å². The molecule has 0 spiro atoms. The van der Waals surface area contributed by atoms with E-state index < -0.39 is 13.5 Å². The van der Waals surface area contributed by atoms with Crippen molar-refractivity contribution in [3.63, 3.8) is 0 Å². The third-order valence-corrected chi connectivity index (χ3v) is 20.9. The first-order valence-electron chi connectivity index (χ1n) is 26.1. The van der Waals surface area contributed by atoms with E-state index in [1.807, 2.05) is 0 Å². The summed E-state index contributed by atoms with van der Waals surface area (Å²) in [6, 6.07) is 115. The van der Waals surface area contributed by atoms with Gasteiger partial charge in [0.05, 0.1) is 5.41 Å². The molecule has 12 aromatic rings. The third-order valence-electron chi connectivity index (χ3n) is 16.0. The van der Waals surface area contributed by atoms with Crippen LogP contribution in [0, 0.1) is 0 Å². The van der Waals surface area contributed by atoms with Crippen molar-refractivity contribution in [3.8, 4) is 55.6 Å². The molecule has 12 aromatic carbocycles. The SMILES string of the molecule is c1ccc(-c2cc(-c3ccccc3)cc(N(c3ccc(-c4cccc(C5(c6ccccc6)c6ccccc6-c6ccccc65)c4)cc3)c3cccc([Si]4(c5ccccc5)c5ccccc5-c5ccccc54)c3)c2)cc1. The summed E-state index contributed by atoms with van der Waals surface area (Å²) in [6.07, 6.45) is 0. The van der Waals surface area contributed by atoms with Gasteiger partial charge < -0.3 is 4.90 Å². The molecule has 0 unspecified atom stereocenters. The van der Waals surface area contributed by atoms with Crippen molar-refractivity contribution in [3.05, 3.63) is 332 Å². The van der Waals surface area contributed by atoms with Gasteiger partial charge in [0.1, 0.15) is 0 Å². The molecule has 1 aliphatic heterocycles. The number of hydrogen-bond acceptors (Lipinski definition) is 1. The first kappa shape index (κ1) is 44.4. The molecule has 0 bridgehead atoms. The van der Waals surface area contributed by atoms with Gasteiger partial charge in [0, 0.05) is 17.1 Å². The van der Waals surface area contributed by atoms with Crippen LogP contribution in [0.2, 0.25) is 0 Å². The normalized spacial score (nSPS) is 13.3. The van der Waals surface area contributed by atoms with Gasteiger partial charge in [0.15, 0.2) is 8.07 Å². The molecule has 75 heavy (non-hydrogen) atoms. The maximum Gasteiger partial charge on any atom is 0.180 e. The maximum atomic E-state index is 2.51. The quantitative estimate of drug-likeness (QED) is 0.123. The molecule has 0 amide bonds. The highest BCUT2D eigenvalue weighted by Crippen LogP contribution is 2.56. The van der Waals surface area contributed by atoms with E-state index in [1.54, 1.807) is 0 Å². The summed E-state index contributed by atoms with van der Waals surface area (Å²) in [4.78, 5) is 2.49. The lowest BCUT2D eigenvalue weighted by Gasteiger charge is -2.34. The molecule has 0 atom stereocenters. The van der Waals surface area contributed by atoms with Crippen molar-refractivity contribution in [1.29, 1.82) is 0 Å². The van der Waals surface area contributed by atoms with E-state index >= 15 is 0 Å². The fraction of sp³-hybridized carbons (Fsp3) is 0.0137. The molecule has 0 radical (unpaired) electrons. The molecule has 0 saturated carbocycles. The van der Waals surface area contributed by atoms with Crippen molar-refractivity contribution in [2.45, 2.75) is 5.41 Å². The van der Waals surface area contributed by atoms with Gasteiger partial charge in [-0.25, -0.2) is 0 Å². The summed E-state index contributed by atoms with van der Waals surface area (Å²) in [6.45, 7) is 0. The monoisotopic (exact) mass is 969 g/mol. The number of anilines is 3. The van der Waals surface area contributed by atoms with E-state index in [4.69, 9.17) is 0 Å². The molecule has 14 rings (SSSR count). The van der Waals surface area contributed by atoms with Crippen LogP contribution >= 0.6 is 0 Å². The molecule has 1 nitrogen and oxygen atoms in total. The van der Waals surface area contributed by atoms with Crippen LogP contribution < -0.4 is 25.6 Å². The standard InChI is InChI=1S/C73H51NSi/c1-5-23-52(24-6-1)56-47-57(53-25-7-2-8-26-53)50-62(49-56)74(61-31-22-34-64(51-61)75(63-32-11-4-12-33-63)71-41-19-15-37-67(71)68-38-16-20-42-72(68)75)60-45-43-54(44-46-60)55-27-21-30-59(48-55)73(58-28-9-3-10-29-58)69-39-17-13-35-65(69)66-36-14-18-40-70(66)73/h1-51H. The second-order valence-electron chi connectivity index (χ2n) is 19.9. The Kier molecular flexibility index (Phi) is 10.8. The second kappa shape index (κ2) is 18.3. The third kappa shape index (κ3) is 7.13. The minimum absolute atomic E-state index is 0.479. The van der Waals surface area contributed by atoms with E-state index in [1.165, 1.54) is 81.9 Å². The van der Waals surface area contributed by atoms with Gasteiger partial charge in [-0.05, 0) is 147 Å². The number of hydrogen-bond donors (Lipinski definition) is 0. The average Bonchev–Trinajstić information content (AvgIpc) is 4.00. The summed E-state index contributed by atoms with van der Waals surface area (Å²) in [5, 5.41) is 5.60. The fourth-order valence-electron chi connectivity index (χ4n) is 12.8. The predicted molar refractivity (Wildman–Crippen MR) is 317 cm³/mol. The Labute approximate surface area is 441 Å². The molecule has 0 fully saturated rings. The Morgan fingerprint density at radius 1 is 0.240 bits per heavy atom. The number of fused-ring (bicyclic) bond motifs is 6. The van der Waals surface area contributed by atoms with Gasteiger partial charge in [0.25, 0.3) is 0 Å². The minimum Gasteiger partial charge on any atom is -0.310 e. The van der Waals surface area contributed by atoms with Crippen LogP contribution in [0.3, 0.4) is 0 Å². The Morgan fingerprint density at radius 2 is 0.680 bits per heavy atom. The van der Waals surface area contributed by atoms with Gasteiger partial charge in [-0.15, -0.1) is 0 Å². The Hall–Kier alpha value is -9.34. The molecule has 0 N–H and O–H groups in total. The maximum absolute atomic E-state index is 2.80. The van der Waals surface area contributed by atoms with Crippen LogP contribution in [0.4, 0.5) is 17.1 Å². The van der Waals surface area contributed by atoms with E-state index in [-0.39, 0.29) is 0 Å². The minimum atomic E-state index is -2.80. The number of rotatable bonds is 10. The molecule has 2 heteroatoms. The largest absolute Gasteiger partial charge is 0.310 e. The summed E-state index contributed by atoms with van der Waals surface area (Å²) in [7, 11) is -2.80. The van der Waals surface area contributed by atoms with Crippen LogP contribution in [-0.2, 0) is 5.41 Å². The summed E-state index contributed by atoms with van der Waals surface area (Å²) < 4.78 is 0. The number of nitrogens with zero attached hydrogens (tertiary/aromatic N) is 1. The zero-order valence-corrected chi connectivity index (χ0v) is 42.4. The smallest absolute Gasteiger partial charge is 0.180 e. The van der Waals surface area contributed by atoms with E-state index in [0.29, 0.717) is 0 Å². The van der Waals surface area contributed by atoms with Crippen molar-refractivity contribution < 1.29 is 0 Å². The molecule has 1 aliphatic carbocycles. The van der Waals surface area contributed by atoms with E-state index in [9.17, 15) is 0 Å². The van der Waals surface area contributed by atoms with Crippen molar-refractivity contribution in [1.82, 2.24) is 0 Å². The molecule has 1 heterocycles. The highest BCUT2D eigenvalue weighted by atomic mass is 28.3. The van der Waals surface area contributed by atoms with Crippen molar-refractivity contribution >= 4 is 45.9 Å². The molecular weight excluding hydrogens is 919 g/mol. The Bertz CT molecular complexity index is 3900. The lowest BCUT2D eigenvalue weighted by atomic mass is 9.67. The molecular formula is C73H51NSi. The van der Waals surface area contributed by atoms with Gasteiger partial charge in [-0.2, -0.15) is 0 Å². The second-order valence-corrected chi connectivity index (χ2v) is 23.7. The zero-order valence-electron chi connectivity index (χ0n) is 41.4. The topological polar surface area (TPSA) is 3.24 Å². The van der Waals surface area contributed by atoms with Gasteiger partial charge in [-0.3, -0.25) is 0 Å². The number of benzene rings is 12. The summed E-state index contributed by atoms with van der Waals surface area (Å²) in [5.41, 5.74) is 20.2. The first-order valence-corrected chi connectivity index (χ1v) is 28.1. The Balaban J connectivity index is 0.959. The summed E-state index contributed by atoms with van der Waals surface area (Å²) in [5.74, 6) is 0. The van der Waals surface area contributed by atoms with Crippen LogP contribution in [-0.4, -0.2) is 8.07 Å². The highest BCUT2D eigenvalue weighted by molar-refractivity contribution is 7.22. The van der Waals surface area contributed by atoms with E-state index in [2.05, 4.69) is 314 Å². The molecule has 0 saturated heterocycles. The lowest BCUT2D eigenvalue weighted by Crippen LogP contribution is -2.72. The highest BCUT2D eigenvalue weighted by Gasteiger charge is 2.49. The van der Waals surface area contributed by atoms with Crippen LogP contribution in [0.15, 0.2) is 309 Å². The van der Waals surface area contributed by atoms with Crippen LogP contribution in [0.1, 0.15) is 22.3 Å². The van der Waals surface area contributed by atoms with Crippen LogP contribution in [0.5, 0.6) is 0 Å². The fourth-order valence-corrected chi connectivity index (χ4v) is 18.0. The Morgan fingerprint density at radius 3 is 1.27 bits per heavy atom. The molecule has 0 aromatic heterocycles. The summed E-state index contributed by atoms with van der Waals surface area (Å²) >= 11 is 0. The average molecular weight is 970 g/mol. The van der Waals surface area contributed by atoms with Gasteiger partial charge in [0.2, 0.25) is 0 Å². The predicted octanol–water partition coefficient (Wildman–Crippen LogP) is 15.9. The van der Waals surface area contributed by atoms with Crippen molar-refractivity contribution in [2.75, 3.05) is 4.90 Å². The molecule has 352 valence electrons.